The zero-order valence-electron chi connectivity index (χ0n) is 13.5. The van der Waals surface area contributed by atoms with Crippen LogP contribution in [0.5, 0.6) is 0 Å². The first-order chi connectivity index (χ1) is 12.4. The Morgan fingerprint density at radius 2 is 1.88 bits per heavy atom. The van der Waals surface area contributed by atoms with Crippen molar-refractivity contribution in [1.29, 1.82) is 0 Å². The fourth-order valence-corrected chi connectivity index (χ4v) is 4.14. The van der Waals surface area contributed by atoms with Crippen LogP contribution >= 0.6 is 11.3 Å². The van der Waals surface area contributed by atoms with E-state index in [-0.39, 0.29) is 5.56 Å². The summed E-state index contributed by atoms with van der Waals surface area (Å²) in [6.07, 6.45) is 0. The molecule has 7 nitrogen and oxygen atoms in total. The van der Waals surface area contributed by atoms with Gasteiger partial charge < -0.3 is 11.5 Å². The number of nitrogens with two attached hydrogens (primary N) is 2. The van der Waals surface area contributed by atoms with Gasteiger partial charge in [-0.25, -0.2) is 0 Å². The smallest absolute Gasteiger partial charge is 0.336 e. The summed E-state index contributed by atoms with van der Waals surface area (Å²) in [5, 5.41) is 6.05. The lowest BCUT2D eigenvalue weighted by molar-refractivity contribution is 0.101. The van der Waals surface area contributed by atoms with Crippen molar-refractivity contribution in [3.8, 4) is 11.1 Å². The average molecular weight is 389 g/mol. The number of fused-ring (bicyclic) bond motifs is 1. The fourth-order valence-electron chi connectivity index (χ4n) is 2.43. The fraction of sp³-hybridized carbons (Fsp3) is 0.0588. The Hall–Kier alpha value is -2.91. The summed E-state index contributed by atoms with van der Waals surface area (Å²) >= 11 is 1.60. The number of Topliss-reactive ketones (excluding diaryl/α,β-unsaturated/α-hetero) is 1. The van der Waals surface area contributed by atoms with Gasteiger partial charge in [-0.2, -0.15) is 8.42 Å². The van der Waals surface area contributed by atoms with Gasteiger partial charge in [0.15, 0.2) is 11.5 Å². The average Bonchev–Trinajstić information content (AvgIpc) is 3.04. The van der Waals surface area contributed by atoms with Crippen molar-refractivity contribution in [2.24, 2.45) is 16.6 Å². The molecule has 0 aliphatic rings. The van der Waals surface area contributed by atoms with Crippen molar-refractivity contribution in [1.82, 2.24) is 0 Å². The van der Waals surface area contributed by atoms with Crippen LogP contribution in [0.25, 0.3) is 21.2 Å². The second kappa shape index (κ2) is 7.14. The highest BCUT2D eigenvalue weighted by molar-refractivity contribution is 7.87. The first-order valence-electron chi connectivity index (χ1n) is 7.46. The lowest BCUT2D eigenvalue weighted by Crippen LogP contribution is -2.25. The van der Waals surface area contributed by atoms with Crippen LogP contribution < -0.4 is 11.5 Å². The van der Waals surface area contributed by atoms with Crippen molar-refractivity contribution in [2.75, 3.05) is 5.75 Å². The molecule has 0 saturated carbocycles. The number of benzene rings is 2. The second-order valence-electron chi connectivity index (χ2n) is 5.44. The molecule has 3 aromatic rings. The highest BCUT2D eigenvalue weighted by atomic mass is 32.2. The Morgan fingerprint density at radius 1 is 1.12 bits per heavy atom. The predicted molar refractivity (Wildman–Crippen MR) is 102 cm³/mol. The standard InChI is InChI=1S/C17H15N3O4S2/c18-17(19)20-24-26(22,23)10-15(21)12-5-3-4-11(8-12)14-9-25-16-7-2-1-6-13(14)16/h1-9H,10H2,(H4,18,19,20). The Kier molecular flexibility index (Phi) is 4.92. The molecule has 2 aromatic carbocycles. The number of thiophene rings is 1. The van der Waals surface area contributed by atoms with Gasteiger partial charge in [0.1, 0.15) is 0 Å². The van der Waals surface area contributed by atoms with Crippen molar-refractivity contribution < 1.29 is 17.5 Å². The summed E-state index contributed by atoms with van der Waals surface area (Å²) in [7, 11) is -4.22. The van der Waals surface area contributed by atoms with Crippen LogP contribution in [0.4, 0.5) is 0 Å². The number of oxime groups is 1. The molecule has 26 heavy (non-hydrogen) atoms. The van der Waals surface area contributed by atoms with Crippen LogP contribution in [-0.2, 0) is 14.4 Å². The first-order valence-corrected chi connectivity index (χ1v) is 9.91. The van der Waals surface area contributed by atoms with Crippen LogP contribution in [-0.4, -0.2) is 25.9 Å². The van der Waals surface area contributed by atoms with Gasteiger partial charge in [0.05, 0.1) is 0 Å². The molecule has 0 aliphatic heterocycles. The molecule has 3 rings (SSSR count). The van der Waals surface area contributed by atoms with E-state index in [0.29, 0.717) is 0 Å². The first kappa shape index (κ1) is 17.9. The lowest BCUT2D eigenvalue weighted by atomic mass is 10.0. The molecule has 9 heteroatoms. The highest BCUT2D eigenvalue weighted by Crippen LogP contribution is 2.34. The molecule has 0 amide bonds. The normalized spacial score (nSPS) is 11.2. The number of hydrogen-bond donors (Lipinski definition) is 2. The quantitative estimate of drug-likeness (QED) is 0.288. The van der Waals surface area contributed by atoms with E-state index in [1.807, 2.05) is 35.7 Å². The molecule has 0 bridgehead atoms. The number of carbonyl (C=O) groups excluding carboxylic acids is 1. The molecule has 0 fully saturated rings. The Balaban J connectivity index is 1.88. The maximum Gasteiger partial charge on any atom is 0.336 e. The van der Waals surface area contributed by atoms with E-state index in [0.717, 1.165) is 21.2 Å². The molecule has 1 heterocycles. The molecule has 4 N–H and O–H groups in total. The predicted octanol–water partition coefficient (Wildman–Crippen LogP) is 2.29. The summed E-state index contributed by atoms with van der Waals surface area (Å²) in [4.78, 5) is 12.3. The van der Waals surface area contributed by atoms with Gasteiger partial charge in [-0.15, -0.1) is 11.3 Å². The lowest BCUT2D eigenvalue weighted by Gasteiger charge is -2.05. The number of hydrogen-bond acceptors (Lipinski definition) is 6. The third-order valence-electron chi connectivity index (χ3n) is 3.54. The molecule has 0 saturated heterocycles. The summed E-state index contributed by atoms with van der Waals surface area (Å²) in [6.45, 7) is 0. The van der Waals surface area contributed by atoms with Crippen LogP contribution in [0.2, 0.25) is 0 Å². The Bertz CT molecular complexity index is 1100. The van der Waals surface area contributed by atoms with Crippen LogP contribution in [0, 0.1) is 0 Å². The largest absolute Gasteiger partial charge is 0.367 e. The van der Waals surface area contributed by atoms with Gasteiger partial charge in [0, 0.05) is 21.2 Å². The van der Waals surface area contributed by atoms with Gasteiger partial charge in [-0.1, -0.05) is 36.4 Å². The molecule has 0 atom stereocenters. The molecular formula is C17H15N3O4S2. The Morgan fingerprint density at radius 3 is 2.65 bits per heavy atom. The molecule has 0 radical (unpaired) electrons. The molecule has 1 aromatic heterocycles. The van der Waals surface area contributed by atoms with E-state index in [2.05, 4.69) is 9.44 Å². The van der Waals surface area contributed by atoms with Gasteiger partial charge in [-0.05, 0) is 28.2 Å². The van der Waals surface area contributed by atoms with Crippen molar-refractivity contribution in [2.45, 2.75) is 0 Å². The zero-order chi connectivity index (χ0) is 18.7. The van der Waals surface area contributed by atoms with E-state index >= 15 is 0 Å². The van der Waals surface area contributed by atoms with Crippen molar-refractivity contribution >= 4 is 43.3 Å². The van der Waals surface area contributed by atoms with Crippen LogP contribution in [0.3, 0.4) is 0 Å². The van der Waals surface area contributed by atoms with E-state index < -0.39 is 27.6 Å². The third-order valence-corrected chi connectivity index (χ3v) is 5.42. The maximum atomic E-state index is 12.3. The van der Waals surface area contributed by atoms with Crippen LogP contribution in [0.15, 0.2) is 59.1 Å². The van der Waals surface area contributed by atoms with E-state index in [4.69, 9.17) is 11.5 Å². The van der Waals surface area contributed by atoms with E-state index in [1.54, 1.807) is 29.5 Å². The SMILES string of the molecule is NC(N)=NOS(=O)(=O)CC(=O)c1cccc(-c2csc3ccccc23)c1. The summed E-state index contributed by atoms with van der Waals surface area (Å²) in [5.74, 6) is -2.03. The number of carbonyl (C=O) groups is 1. The van der Waals surface area contributed by atoms with Gasteiger partial charge in [-0.3, -0.25) is 9.08 Å². The zero-order valence-corrected chi connectivity index (χ0v) is 15.1. The second-order valence-corrected chi connectivity index (χ2v) is 7.91. The minimum absolute atomic E-state index is 0.259. The minimum atomic E-state index is -4.22. The summed E-state index contributed by atoms with van der Waals surface area (Å²) < 4.78 is 28.9. The molecule has 0 aliphatic carbocycles. The monoisotopic (exact) mass is 389 g/mol. The molecular weight excluding hydrogens is 374 g/mol. The number of nitrogens with zero attached hydrogens (tertiary/aromatic N) is 1. The van der Waals surface area contributed by atoms with Gasteiger partial charge in [0.2, 0.25) is 5.96 Å². The number of guanidine groups is 1. The summed E-state index contributed by atoms with van der Waals surface area (Å²) in [5.41, 5.74) is 12.1. The number of ketones is 1. The molecule has 0 spiro atoms. The third kappa shape index (κ3) is 4.01. The summed E-state index contributed by atoms with van der Waals surface area (Å²) in [6, 6.07) is 14.7. The van der Waals surface area contributed by atoms with Crippen LogP contribution in [0.1, 0.15) is 10.4 Å². The van der Waals surface area contributed by atoms with Gasteiger partial charge in [0.25, 0.3) is 0 Å². The van der Waals surface area contributed by atoms with E-state index in [9.17, 15) is 13.2 Å². The molecule has 0 unspecified atom stereocenters. The highest BCUT2D eigenvalue weighted by Gasteiger charge is 2.20. The number of rotatable bonds is 6. The van der Waals surface area contributed by atoms with Crippen molar-refractivity contribution in [3.05, 3.63) is 59.5 Å². The topological polar surface area (TPSA) is 125 Å². The van der Waals surface area contributed by atoms with E-state index in [1.165, 1.54) is 0 Å². The van der Waals surface area contributed by atoms with Gasteiger partial charge >= 0.3 is 10.1 Å². The maximum absolute atomic E-state index is 12.3. The Labute approximate surface area is 154 Å². The molecule has 134 valence electrons. The van der Waals surface area contributed by atoms with Crippen molar-refractivity contribution in [3.63, 3.8) is 0 Å². The minimum Gasteiger partial charge on any atom is -0.367 e.